The second-order valence-electron chi connectivity index (χ2n) is 6.93. The maximum absolute atomic E-state index is 13.4. The lowest BCUT2D eigenvalue weighted by Gasteiger charge is -2.29. The van der Waals surface area contributed by atoms with E-state index in [4.69, 9.17) is 4.74 Å². The van der Waals surface area contributed by atoms with Crippen LogP contribution in [0.25, 0.3) is 16.6 Å². The molecule has 0 aromatic carbocycles. The van der Waals surface area contributed by atoms with Gasteiger partial charge in [-0.2, -0.15) is 0 Å². The molecule has 28 heavy (non-hydrogen) atoms. The van der Waals surface area contributed by atoms with E-state index in [1.165, 1.54) is 12.3 Å². The molecule has 0 spiro atoms. The third kappa shape index (κ3) is 2.95. The highest BCUT2D eigenvalue weighted by atomic mass is 19.1. The first-order valence-electron chi connectivity index (χ1n) is 9.32. The van der Waals surface area contributed by atoms with Crippen molar-refractivity contribution in [3.05, 3.63) is 54.5 Å². The molecular formula is C20H20FN5O2. The first kappa shape index (κ1) is 17.0. The van der Waals surface area contributed by atoms with E-state index in [2.05, 4.69) is 14.9 Å². The smallest absolute Gasteiger partial charge is 0.202 e. The summed E-state index contributed by atoms with van der Waals surface area (Å²) in [7, 11) is 0. The quantitative estimate of drug-likeness (QED) is 0.589. The summed E-state index contributed by atoms with van der Waals surface area (Å²) in [6.45, 7) is 3.50. The SMILES string of the molecule is Oc1c2c(N3CCOCC3)ccnc2cn1CCc1cn2cc(F)ccc2n1. The van der Waals surface area contributed by atoms with E-state index in [-0.39, 0.29) is 11.7 Å². The van der Waals surface area contributed by atoms with Gasteiger partial charge in [0.25, 0.3) is 0 Å². The second-order valence-corrected chi connectivity index (χ2v) is 6.93. The van der Waals surface area contributed by atoms with Crippen LogP contribution in [-0.4, -0.2) is 50.3 Å². The third-order valence-corrected chi connectivity index (χ3v) is 5.16. The zero-order chi connectivity index (χ0) is 19.1. The molecule has 1 aliphatic rings. The van der Waals surface area contributed by atoms with Crippen LogP contribution < -0.4 is 4.90 Å². The lowest BCUT2D eigenvalue weighted by Crippen LogP contribution is -2.36. The highest BCUT2D eigenvalue weighted by Gasteiger charge is 2.19. The molecule has 0 amide bonds. The number of aryl methyl sites for hydroxylation is 2. The van der Waals surface area contributed by atoms with Gasteiger partial charge in [0.15, 0.2) is 0 Å². The molecule has 5 rings (SSSR count). The van der Waals surface area contributed by atoms with Crippen molar-refractivity contribution in [3.63, 3.8) is 0 Å². The molecule has 0 unspecified atom stereocenters. The summed E-state index contributed by atoms with van der Waals surface area (Å²) in [6, 6.07) is 4.99. The van der Waals surface area contributed by atoms with Crippen LogP contribution >= 0.6 is 0 Å². The topological polar surface area (TPSA) is 67.8 Å². The third-order valence-electron chi connectivity index (χ3n) is 5.16. The van der Waals surface area contributed by atoms with Gasteiger partial charge in [0.1, 0.15) is 11.5 Å². The molecule has 0 saturated carbocycles. The highest BCUT2D eigenvalue weighted by molar-refractivity contribution is 5.96. The van der Waals surface area contributed by atoms with Crippen molar-refractivity contribution in [3.8, 4) is 5.88 Å². The standard InChI is InChI=1S/C20H20FN5O2/c21-14-1-2-18-23-15(12-26(18)11-14)4-6-25-13-16-19(20(25)27)17(3-5-22-16)24-7-9-28-10-8-24/h1-3,5,11-13,27H,4,6-10H2. The number of nitrogens with zero attached hydrogens (tertiary/aromatic N) is 5. The van der Waals surface area contributed by atoms with Gasteiger partial charge in [-0.15, -0.1) is 0 Å². The number of fused-ring (bicyclic) bond motifs is 2. The zero-order valence-electron chi connectivity index (χ0n) is 15.3. The number of aromatic hydroxyl groups is 1. The Morgan fingerprint density at radius 2 is 1.96 bits per heavy atom. The average Bonchev–Trinajstić information content (AvgIpc) is 3.27. The lowest BCUT2D eigenvalue weighted by atomic mass is 10.2. The number of morpholine rings is 1. The largest absolute Gasteiger partial charge is 0.494 e. The fourth-order valence-electron chi connectivity index (χ4n) is 3.76. The van der Waals surface area contributed by atoms with Gasteiger partial charge in [-0.05, 0) is 18.2 Å². The molecule has 0 radical (unpaired) electrons. The molecule has 4 aromatic rings. The molecule has 0 atom stereocenters. The minimum Gasteiger partial charge on any atom is -0.494 e. The monoisotopic (exact) mass is 381 g/mol. The van der Waals surface area contributed by atoms with E-state index in [0.29, 0.717) is 31.8 Å². The van der Waals surface area contributed by atoms with Gasteiger partial charge in [0.2, 0.25) is 5.88 Å². The number of hydrogen-bond acceptors (Lipinski definition) is 5. The Hall–Kier alpha value is -3.13. The number of ether oxygens (including phenoxy) is 1. The Bertz CT molecular complexity index is 1150. The molecule has 1 fully saturated rings. The molecule has 8 heteroatoms. The van der Waals surface area contributed by atoms with E-state index in [9.17, 15) is 9.50 Å². The van der Waals surface area contributed by atoms with Crippen molar-refractivity contribution >= 4 is 22.2 Å². The van der Waals surface area contributed by atoms with Crippen LogP contribution in [0.2, 0.25) is 0 Å². The number of pyridine rings is 2. The Balaban J connectivity index is 1.43. The number of halogens is 1. The van der Waals surface area contributed by atoms with Crippen LogP contribution in [0.5, 0.6) is 5.88 Å². The maximum atomic E-state index is 13.4. The summed E-state index contributed by atoms with van der Waals surface area (Å²) in [5, 5.41) is 11.6. The molecule has 144 valence electrons. The number of rotatable bonds is 4. The fourth-order valence-corrected chi connectivity index (χ4v) is 3.76. The Morgan fingerprint density at radius 3 is 2.82 bits per heavy atom. The van der Waals surface area contributed by atoms with Gasteiger partial charge in [-0.3, -0.25) is 4.98 Å². The Kier molecular flexibility index (Phi) is 4.12. The van der Waals surface area contributed by atoms with E-state index >= 15 is 0 Å². The molecule has 4 aromatic heterocycles. The predicted octanol–water partition coefficient (Wildman–Crippen LogP) is 2.61. The summed E-state index contributed by atoms with van der Waals surface area (Å²) in [5.41, 5.74) is 3.28. The number of hydrogen-bond donors (Lipinski definition) is 1. The first-order valence-corrected chi connectivity index (χ1v) is 9.32. The van der Waals surface area contributed by atoms with Crippen molar-refractivity contribution in [2.24, 2.45) is 0 Å². The number of imidazole rings is 1. The van der Waals surface area contributed by atoms with Crippen molar-refractivity contribution < 1.29 is 14.2 Å². The van der Waals surface area contributed by atoms with Crippen LogP contribution in [0.15, 0.2) is 43.0 Å². The van der Waals surface area contributed by atoms with Gasteiger partial charge in [-0.25, -0.2) is 9.37 Å². The molecule has 1 saturated heterocycles. The lowest BCUT2D eigenvalue weighted by molar-refractivity contribution is 0.123. The van der Waals surface area contributed by atoms with E-state index in [1.807, 2.05) is 18.5 Å². The van der Waals surface area contributed by atoms with Gasteiger partial charge in [0.05, 0.1) is 35.5 Å². The number of anilines is 1. The van der Waals surface area contributed by atoms with Gasteiger partial charge < -0.3 is 23.7 Å². The molecule has 1 N–H and O–H groups in total. The van der Waals surface area contributed by atoms with E-state index in [1.54, 1.807) is 21.2 Å². The van der Waals surface area contributed by atoms with Crippen LogP contribution in [0.3, 0.4) is 0 Å². The van der Waals surface area contributed by atoms with Crippen LogP contribution in [0.1, 0.15) is 5.69 Å². The predicted molar refractivity (Wildman–Crippen MR) is 103 cm³/mol. The van der Waals surface area contributed by atoms with E-state index < -0.39 is 0 Å². The van der Waals surface area contributed by atoms with E-state index in [0.717, 1.165) is 35.4 Å². The minimum atomic E-state index is -0.299. The summed E-state index contributed by atoms with van der Waals surface area (Å²) in [5.74, 6) is -0.0909. The molecule has 1 aliphatic heterocycles. The average molecular weight is 381 g/mol. The normalized spacial score (nSPS) is 15.0. The van der Waals surface area contributed by atoms with Crippen LogP contribution in [0, 0.1) is 5.82 Å². The Morgan fingerprint density at radius 1 is 1.11 bits per heavy atom. The first-order chi connectivity index (χ1) is 13.7. The summed E-state index contributed by atoms with van der Waals surface area (Å²) >= 11 is 0. The minimum absolute atomic E-state index is 0.208. The number of aromatic nitrogens is 4. The fraction of sp³-hybridized carbons (Fsp3) is 0.300. The van der Waals surface area contributed by atoms with Crippen molar-refractivity contribution in [2.75, 3.05) is 31.2 Å². The van der Waals surface area contributed by atoms with Gasteiger partial charge in [-0.1, -0.05) is 0 Å². The molecule has 5 heterocycles. The zero-order valence-corrected chi connectivity index (χ0v) is 15.3. The Labute approximate surface area is 160 Å². The van der Waals surface area contributed by atoms with Crippen molar-refractivity contribution in [2.45, 2.75) is 13.0 Å². The molecule has 0 bridgehead atoms. The van der Waals surface area contributed by atoms with Crippen molar-refractivity contribution in [1.82, 2.24) is 18.9 Å². The van der Waals surface area contributed by atoms with Gasteiger partial charge in [0, 0.05) is 50.8 Å². The molecule has 7 nitrogen and oxygen atoms in total. The maximum Gasteiger partial charge on any atom is 0.202 e. The van der Waals surface area contributed by atoms with Crippen LogP contribution in [-0.2, 0) is 17.7 Å². The summed E-state index contributed by atoms with van der Waals surface area (Å²) in [4.78, 5) is 11.1. The van der Waals surface area contributed by atoms with Gasteiger partial charge >= 0.3 is 0 Å². The molecule has 0 aliphatic carbocycles. The van der Waals surface area contributed by atoms with Crippen molar-refractivity contribution in [1.29, 1.82) is 0 Å². The molecular weight excluding hydrogens is 361 g/mol. The highest BCUT2D eigenvalue weighted by Crippen LogP contribution is 2.35. The van der Waals surface area contributed by atoms with Crippen LogP contribution in [0.4, 0.5) is 10.1 Å². The summed E-state index contributed by atoms with van der Waals surface area (Å²) < 4.78 is 22.3. The second kappa shape index (κ2) is 6.79. The summed E-state index contributed by atoms with van der Waals surface area (Å²) in [6.07, 6.45) is 7.48.